The predicted molar refractivity (Wildman–Crippen MR) is 69.4 cm³/mol. The second-order valence-electron chi connectivity index (χ2n) is 4.80. The number of pyridine rings is 1. The van der Waals surface area contributed by atoms with Gasteiger partial charge in [0.25, 0.3) is 5.56 Å². The van der Waals surface area contributed by atoms with Gasteiger partial charge in [-0.25, -0.2) is 4.39 Å². The van der Waals surface area contributed by atoms with E-state index in [1.165, 1.54) is 16.7 Å². The van der Waals surface area contributed by atoms with Crippen molar-refractivity contribution in [3.63, 3.8) is 0 Å². The molecular formula is C15H14FNO2. The molecule has 19 heavy (non-hydrogen) atoms. The number of rotatable bonds is 2. The first-order chi connectivity index (χ1) is 9.12. The van der Waals surface area contributed by atoms with Crippen LogP contribution >= 0.6 is 0 Å². The van der Waals surface area contributed by atoms with E-state index in [2.05, 4.69) is 0 Å². The Kier molecular flexibility index (Phi) is 2.75. The quantitative estimate of drug-likeness (QED) is 0.827. The average Bonchev–Trinajstić information content (AvgIpc) is 2.34. The Labute approximate surface area is 110 Å². The highest BCUT2D eigenvalue weighted by atomic mass is 19.1. The van der Waals surface area contributed by atoms with Gasteiger partial charge in [-0.2, -0.15) is 0 Å². The molecule has 1 unspecified atom stereocenters. The smallest absolute Gasteiger partial charge is 0.250 e. The Morgan fingerprint density at radius 1 is 1.21 bits per heavy atom. The third kappa shape index (κ3) is 1.88. The molecule has 1 aromatic carbocycles. The number of benzene rings is 1. The first-order valence-electron chi connectivity index (χ1n) is 6.19. The largest absolute Gasteiger partial charge is 0.365 e. The second-order valence-corrected chi connectivity index (χ2v) is 4.80. The predicted octanol–water partition coefficient (Wildman–Crippen LogP) is 2.19. The first-order valence-corrected chi connectivity index (χ1v) is 6.19. The monoisotopic (exact) mass is 259 g/mol. The normalized spacial score (nSPS) is 22.0. The van der Waals surface area contributed by atoms with Crippen molar-refractivity contribution in [3.05, 3.63) is 69.9 Å². The van der Waals surface area contributed by atoms with Crippen LogP contribution in [0.2, 0.25) is 0 Å². The highest BCUT2D eigenvalue weighted by Crippen LogP contribution is 2.42. The van der Waals surface area contributed by atoms with E-state index in [1.807, 2.05) is 6.07 Å². The van der Waals surface area contributed by atoms with Gasteiger partial charge < -0.3 is 9.30 Å². The van der Waals surface area contributed by atoms with Crippen molar-refractivity contribution in [2.45, 2.75) is 12.0 Å². The van der Waals surface area contributed by atoms with Crippen LogP contribution in [-0.4, -0.2) is 11.2 Å². The van der Waals surface area contributed by atoms with E-state index < -0.39 is 5.60 Å². The van der Waals surface area contributed by atoms with E-state index in [1.54, 1.807) is 31.4 Å². The van der Waals surface area contributed by atoms with Gasteiger partial charge in [-0.05, 0) is 29.3 Å². The summed E-state index contributed by atoms with van der Waals surface area (Å²) in [6, 6.07) is 9.73. The minimum absolute atomic E-state index is 0.0745. The number of nitrogens with zero attached hydrogens (tertiary/aromatic N) is 1. The molecule has 0 bridgehead atoms. The average molecular weight is 259 g/mol. The molecule has 1 atom stereocenters. The van der Waals surface area contributed by atoms with Crippen molar-refractivity contribution in [3.8, 4) is 0 Å². The third-order valence-electron chi connectivity index (χ3n) is 3.68. The second kappa shape index (κ2) is 4.31. The van der Waals surface area contributed by atoms with E-state index in [0.717, 1.165) is 17.5 Å². The van der Waals surface area contributed by atoms with Crippen LogP contribution in [0.25, 0.3) is 0 Å². The fourth-order valence-electron chi connectivity index (χ4n) is 2.45. The van der Waals surface area contributed by atoms with Crippen LogP contribution in [0, 0.1) is 5.82 Å². The van der Waals surface area contributed by atoms with Gasteiger partial charge in [0.05, 0.1) is 6.61 Å². The van der Waals surface area contributed by atoms with Crippen molar-refractivity contribution in [1.82, 2.24) is 4.57 Å². The molecule has 1 fully saturated rings. The molecule has 3 rings (SSSR count). The van der Waals surface area contributed by atoms with E-state index in [4.69, 9.17) is 4.74 Å². The minimum atomic E-state index is -0.596. The standard InChI is InChI=1S/C15H14FNO2/c1-17-8-6-12(10-14(17)18)15(7-9-19-15)11-2-4-13(16)5-3-11/h2-6,8,10H,7,9H2,1H3. The number of hydrogen-bond donors (Lipinski definition) is 0. The summed E-state index contributed by atoms with van der Waals surface area (Å²) in [5, 5.41) is 0. The van der Waals surface area contributed by atoms with Crippen molar-refractivity contribution < 1.29 is 9.13 Å². The topological polar surface area (TPSA) is 31.2 Å². The summed E-state index contributed by atoms with van der Waals surface area (Å²) in [5.74, 6) is -0.276. The van der Waals surface area contributed by atoms with Crippen LogP contribution in [0.15, 0.2) is 47.4 Å². The van der Waals surface area contributed by atoms with Gasteiger partial charge in [0.1, 0.15) is 11.4 Å². The Bertz CT molecular complexity index is 657. The molecule has 0 radical (unpaired) electrons. The lowest BCUT2D eigenvalue weighted by atomic mass is 9.80. The lowest BCUT2D eigenvalue weighted by Gasteiger charge is -2.42. The van der Waals surface area contributed by atoms with Gasteiger partial charge in [0.2, 0.25) is 0 Å². The van der Waals surface area contributed by atoms with Gasteiger partial charge >= 0.3 is 0 Å². The molecule has 2 aromatic rings. The molecule has 2 heterocycles. The highest BCUT2D eigenvalue weighted by Gasteiger charge is 2.42. The summed E-state index contributed by atoms with van der Waals surface area (Å²) in [6.07, 6.45) is 2.52. The van der Waals surface area contributed by atoms with Crippen LogP contribution in [-0.2, 0) is 17.4 Å². The fourth-order valence-corrected chi connectivity index (χ4v) is 2.45. The van der Waals surface area contributed by atoms with Crippen LogP contribution in [0.4, 0.5) is 4.39 Å². The van der Waals surface area contributed by atoms with E-state index >= 15 is 0 Å². The number of hydrogen-bond acceptors (Lipinski definition) is 2. The van der Waals surface area contributed by atoms with Crippen molar-refractivity contribution in [2.75, 3.05) is 6.61 Å². The zero-order valence-electron chi connectivity index (χ0n) is 10.6. The third-order valence-corrected chi connectivity index (χ3v) is 3.68. The molecule has 0 spiro atoms. The van der Waals surface area contributed by atoms with Gasteiger partial charge in [-0.15, -0.1) is 0 Å². The molecule has 4 heteroatoms. The molecule has 1 saturated heterocycles. The van der Waals surface area contributed by atoms with Crippen LogP contribution in [0.5, 0.6) is 0 Å². The minimum Gasteiger partial charge on any atom is -0.365 e. The fraction of sp³-hybridized carbons (Fsp3) is 0.267. The molecule has 1 aromatic heterocycles. The molecule has 1 aliphatic heterocycles. The van der Waals surface area contributed by atoms with Crippen LogP contribution < -0.4 is 5.56 Å². The molecule has 98 valence electrons. The zero-order valence-corrected chi connectivity index (χ0v) is 10.6. The maximum absolute atomic E-state index is 13.0. The maximum atomic E-state index is 13.0. The number of aromatic nitrogens is 1. The summed E-state index contributed by atoms with van der Waals surface area (Å²) in [7, 11) is 1.71. The van der Waals surface area contributed by atoms with E-state index in [-0.39, 0.29) is 11.4 Å². The SMILES string of the molecule is Cn1ccc(C2(c3ccc(F)cc3)CCO2)cc1=O. The highest BCUT2D eigenvalue weighted by molar-refractivity contribution is 5.37. The molecule has 1 aliphatic rings. The number of ether oxygens (including phenoxy) is 1. The Morgan fingerprint density at radius 2 is 1.89 bits per heavy atom. The van der Waals surface area contributed by atoms with Crippen LogP contribution in [0.3, 0.4) is 0 Å². The van der Waals surface area contributed by atoms with E-state index in [0.29, 0.717) is 6.61 Å². The Morgan fingerprint density at radius 3 is 2.42 bits per heavy atom. The Hall–Kier alpha value is -1.94. The summed E-state index contributed by atoms with van der Waals surface area (Å²) < 4.78 is 20.3. The van der Waals surface area contributed by atoms with Gasteiger partial charge in [-0.1, -0.05) is 12.1 Å². The van der Waals surface area contributed by atoms with E-state index in [9.17, 15) is 9.18 Å². The first kappa shape index (κ1) is 12.1. The molecule has 3 nitrogen and oxygen atoms in total. The zero-order chi connectivity index (χ0) is 13.5. The van der Waals surface area contributed by atoms with Crippen molar-refractivity contribution >= 4 is 0 Å². The Balaban J connectivity index is 2.10. The molecular weight excluding hydrogens is 245 g/mol. The van der Waals surface area contributed by atoms with Crippen molar-refractivity contribution in [2.24, 2.45) is 7.05 Å². The lowest BCUT2D eigenvalue weighted by molar-refractivity contribution is -0.123. The van der Waals surface area contributed by atoms with Gasteiger partial charge in [0, 0.05) is 25.7 Å². The molecule has 0 saturated carbocycles. The van der Waals surface area contributed by atoms with Crippen LogP contribution in [0.1, 0.15) is 17.5 Å². The number of halogens is 1. The number of aryl methyl sites for hydroxylation is 1. The summed E-state index contributed by atoms with van der Waals surface area (Å²) in [6.45, 7) is 0.645. The summed E-state index contributed by atoms with van der Waals surface area (Å²) in [4.78, 5) is 11.8. The van der Waals surface area contributed by atoms with Gasteiger partial charge in [0.15, 0.2) is 0 Å². The maximum Gasteiger partial charge on any atom is 0.250 e. The molecule has 0 N–H and O–H groups in total. The van der Waals surface area contributed by atoms with Gasteiger partial charge in [-0.3, -0.25) is 4.79 Å². The summed E-state index contributed by atoms with van der Waals surface area (Å²) in [5.41, 5.74) is 1.04. The van der Waals surface area contributed by atoms with Crippen molar-refractivity contribution in [1.29, 1.82) is 0 Å². The molecule has 0 amide bonds. The summed E-state index contributed by atoms with van der Waals surface area (Å²) >= 11 is 0. The lowest BCUT2D eigenvalue weighted by Crippen LogP contribution is -2.42. The molecule has 0 aliphatic carbocycles.